The zero-order valence-electron chi connectivity index (χ0n) is 24.1. The second kappa shape index (κ2) is 8.95. The van der Waals surface area contributed by atoms with Gasteiger partial charge in [0, 0.05) is 12.0 Å². The van der Waals surface area contributed by atoms with E-state index in [2.05, 4.69) is 53.8 Å². The van der Waals surface area contributed by atoms with Gasteiger partial charge in [-0.1, -0.05) is 55.0 Å². The number of hydrogen-bond donors (Lipinski definition) is 1. The monoisotopic (exact) mass is 519 g/mol. The summed E-state index contributed by atoms with van der Waals surface area (Å²) in [6.45, 7) is 1.18. The van der Waals surface area contributed by atoms with Crippen LogP contribution in [-0.2, 0) is 10.8 Å². The fraction of sp³-hybridized carbons (Fsp3) is 0.684. The van der Waals surface area contributed by atoms with E-state index in [0.29, 0.717) is 22.8 Å². The summed E-state index contributed by atoms with van der Waals surface area (Å²) in [5.74, 6) is 6.57. The lowest BCUT2D eigenvalue weighted by molar-refractivity contribution is -0.00530. The summed E-state index contributed by atoms with van der Waals surface area (Å²) in [7, 11) is 0. The van der Waals surface area contributed by atoms with E-state index in [1.54, 1.807) is 22.3 Å². The van der Waals surface area contributed by atoms with Crippen molar-refractivity contribution in [1.82, 2.24) is 5.32 Å². The van der Waals surface area contributed by atoms with Crippen LogP contribution in [0.15, 0.2) is 48.5 Å². The van der Waals surface area contributed by atoms with Gasteiger partial charge in [-0.15, -0.1) is 0 Å². The first-order valence-corrected chi connectivity index (χ1v) is 17.1. The normalized spacial score (nSPS) is 44.6. The predicted molar refractivity (Wildman–Crippen MR) is 160 cm³/mol. The molecule has 0 aromatic heterocycles. The Morgan fingerprint density at radius 2 is 0.897 bits per heavy atom. The minimum absolute atomic E-state index is 0.473. The highest BCUT2D eigenvalue weighted by molar-refractivity contribution is 5.41. The second-order valence-electron chi connectivity index (χ2n) is 16.2. The third-order valence-corrected chi connectivity index (χ3v) is 13.6. The Hall–Kier alpha value is -1.60. The van der Waals surface area contributed by atoms with Gasteiger partial charge in [0.05, 0.1) is 0 Å². The molecule has 0 amide bonds. The highest BCUT2D eigenvalue weighted by Gasteiger charge is 2.52. The van der Waals surface area contributed by atoms with Crippen LogP contribution in [0.3, 0.4) is 0 Å². The van der Waals surface area contributed by atoms with Crippen molar-refractivity contribution in [3.05, 3.63) is 70.8 Å². The molecule has 2 aromatic carbocycles. The fourth-order valence-corrected chi connectivity index (χ4v) is 12.8. The number of benzene rings is 2. The molecule has 2 aromatic rings. The summed E-state index contributed by atoms with van der Waals surface area (Å²) in [6.07, 6.45) is 22.0. The fourth-order valence-electron chi connectivity index (χ4n) is 12.8. The van der Waals surface area contributed by atoms with E-state index in [1.165, 1.54) is 103 Å². The van der Waals surface area contributed by atoms with Crippen molar-refractivity contribution in [2.24, 2.45) is 35.5 Å². The lowest BCUT2D eigenvalue weighted by Crippen LogP contribution is -2.48. The zero-order chi connectivity index (χ0) is 25.6. The van der Waals surface area contributed by atoms with Crippen LogP contribution in [0.5, 0.6) is 0 Å². The van der Waals surface area contributed by atoms with Gasteiger partial charge in [0.2, 0.25) is 0 Å². The number of nitrogens with one attached hydrogen (secondary N) is 1. The lowest BCUT2D eigenvalue weighted by Gasteiger charge is -2.57. The molecule has 0 unspecified atom stereocenters. The number of hydrogen-bond acceptors (Lipinski definition) is 1. The van der Waals surface area contributed by atoms with Gasteiger partial charge >= 0.3 is 0 Å². The van der Waals surface area contributed by atoms with Crippen LogP contribution in [-0.4, -0.2) is 12.6 Å². The molecule has 1 heterocycles. The molecule has 11 rings (SSSR count). The Bertz CT molecular complexity index is 1040. The van der Waals surface area contributed by atoms with E-state index in [-0.39, 0.29) is 0 Å². The van der Waals surface area contributed by atoms with Crippen molar-refractivity contribution >= 4 is 0 Å². The van der Waals surface area contributed by atoms with Crippen molar-refractivity contribution in [2.45, 2.75) is 119 Å². The minimum atomic E-state index is 0.473. The maximum atomic E-state index is 3.96. The standard InChI is InChI=1S/C38H49N/c1-2-12-39-35(3-1)36(31-4-8-33(9-5-31)37-19-25-13-26(20-37)15-27(14-25)21-37)32-6-10-34(11-7-32)38-22-28-16-29(23-38)18-30(17-28)24-38/h4-11,25-30,35-36,39H,1-3,12-24H2/t25?,26?,27?,28?,29?,30?,35-,36?,37?,38?/m0/s1. The summed E-state index contributed by atoms with van der Waals surface area (Å²) < 4.78 is 0. The Morgan fingerprint density at radius 3 is 1.23 bits per heavy atom. The predicted octanol–water partition coefficient (Wildman–Crippen LogP) is 8.90. The van der Waals surface area contributed by atoms with Gasteiger partial charge in [0.15, 0.2) is 0 Å². The molecule has 8 saturated carbocycles. The van der Waals surface area contributed by atoms with Gasteiger partial charge in [-0.05, 0) is 165 Å². The van der Waals surface area contributed by atoms with E-state index in [9.17, 15) is 0 Å². The summed E-state index contributed by atoms with van der Waals surface area (Å²) >= 11 is 0. The van der Waals surface area contributed by atoms with Crippen molar-refractivity contribution in [3.8, 4) is 0 Å². The molecule has 206 valence electrons. The maximum Gasteiger partial charge on any atom is 0.0243 e. The smallest absolute Gasteiger partial charge is 0.0243 e. The van der Waals surface area contributed by atoms with Gasteiger partial charge < -0.3 is 5.32 Å². The molecule has 8 aliphatic carbocycles. The van der Waals surface area contributed by atoms with Crippen LogP contribution in [0, 0.1) is 35.5 Å². The molecule has 1 aliphatic heterocycles. The largest absolute Gasteiger partial charge is 0.313 e. The van der Waals surface area contributed by atoms with E-state index in [1.807, 2.05) is 0 Å². The molecule has 1 nitrogen and oxygen atoms in total. The van der Waals surface area contributed by atoms with E-state index in [4.69, 9.17) is 0 Å². The average Bonchev–Trinajstić information content (AvgIpc) is 2.93. The van der Waals surface area contributed by atoms with Crippen LogP contribution >= 0.6 is 0 Å². The topological polar surface area (TPSA) is 12.0 Å². The Kier molecular flexibility index (Phi) is 5.52. The van der Waals surface area contributed by atoms with Gasteiger partial charge in [-0.25, -0.2) is 0 Å². The number of rotatable bonds is 5. The molecule has 8 bridgehead atoms. The molecule has 1 heteroatoms. The zero-order valence-corrected chi connectivity index (χ0v) is 24.1. The Labute approximate surface area is 236 Å². The Balaban J connectivity index is 1.02. The average molecular weight is 520 g/mol. The van der Waals surface area contributed by atoms with Crippen LogP contribution < -0.4 is 5.32 Å². The summed E-state index contributed by atoms with van der Waals surface area (Å²) in [4.78, 5) is 0. The van der Waals surface area contributed by atoms with E-state index >= 15 is 0 Å². The first kappa shape index (κ1) is 24.0. The third-order valence-electron chi connectivity index (χ3n) is 13.6. The molecule has 39 heavy (non-hydrogen) atoms. The van der Waals surface area contributed by atoms with Crippen LogP contribution in [0.25, 0.3) is 0 Å². The molecule has 0 spiro atoms. The quantitative estimate of drug-likeness (QED) is 0.416. The van der Waals surface area contributed by atoms with Crippen molar-refractivity contribution < 1.29 is 0 Å². The molecule has 1 saturated heterocycles. The maximum absolute atomic E-state index is 3.96. The van der Waals surface area contributed by atoms with Crippen LogP contribution in [0.1, 0.15) is 124 Å². The minimum Gasteiger partial charge on any atom is -0.313 e. The first-order valence-electron chi connectivity index (χ1n) is 17.1. The number of piperidine rings is 1. The Morgan fingerprint density at radius 1 is 0.513 bits per heavy atom. The lowest BCUT2D eigenvalue weighted by atomic mass is 9.48. The molecule has 0 radical (unpaired) electrons. The third kappa shape index (κ3) is 3.95. The molecule has 1 N–H and O–H groups in total. The van der Waals surface area contributed by atoms with E-state index in [0.717, 1.165) is 35.5 Å². The second-order valence-corrected chi connectivity index (χ2v) is 16.2. The van der Waals surface area contributed by atoms with Crippen LogP contribution in [0.4, 0.5) is 0 Å². The van der Waals surface area contributed by atoms with E-state index < -0.39 is 0 Å². The first-order chi connectivity index (χ1) is 19.1. The van der Waals surface area contributed by atoms with Crippen molar-refractivity contribution in [1.29, 1.82) is 0 Å². The van der Waals surface area contributed by atoms with Gasteiger partial charge in [0.1, 0.15) is 0 Å². The van der Waals surface area contributed by atoms with Gasteiger partial charge in [0.25, 0.3) is 0 Å². The van der Waals surface area contributed by atoms with Gasteiger partial charge in [-0.3, -0.25) is 0 Å². The van der Waals surface area contributed by atoms with Crippen molar-refractivity contribution in [3.63, 3.8) is 0 Å². The summed E-state index contributed by atoms with van der Waals surface area (Å²) in [5.41, 5.74) is 7.46. The SMILES string of the molecule is c1cc(C23CC4CC(CC(C4)C2)C3)ccc1C(c1ccc(C23CC4CC(CC(C4)C2)C3)cc1)[C@@H]1CCCCN1. The summed E-state index contributed by atoms with van der Waals surface area (Å²) in [5, 5.41) is 3.96. The molecular formula is C38H49N. The van der Waals surface area contributed by atoms with Crippen LogP contribution in [0.2, 0.25) is 0 Å². The molecule has 9 aliphatic rings. The highest BCUT2D eigenvalue weighted by atomic mass is 14.9. The molecule has 9 fully saturated rings. The van der Waals surface area contributed by atoms with Crippen molar-refractivity contribution in [2.75, 3.05) is 6.54 Å². The highest BCUT2D eigenvalue weighted by Crippen LogP contribution is 2.62. The molecule has 1 atom stereocenters. The molecular weight excluding hydrogens is 470 g/mol. The van der Waals surface area contributed by atoms with Gasteiger partial charge in [-0.2, -0.15) is 0 Å². The summed E-state index contributed by atoms with van der Waals surface area (Å²) in [6, 6.07) is 21.1.